The van der Waals surface area contributed by atoms with Crippen LogP contribution in [0.3, 0.4) is 0 Å². The summed E-state index contributed by atoms with van der Waals surface area (Å²) in [5.74, 6) is 0.0279. The number of carbonyl (C=O) groups excluding carboxylic acids is 2. The highest BCUT2D eigenvalue weighted by atomic mass is 16.5. The molecule has 0 saturated carbocycles. The largest absolute Gasteiger partial charge is 0.484 e. The standard InChI is InChI=1S/C27H29N3O3/c31-26(29-23-12-14-24(15-13-23)30-16-5-2-6-17-30)20-33-25-11-7-10-22(18-25)27(32)28-19-21-8-3-1-4-9-21/h1,3-4,7-15,18H,2,5-6,16-17,19-20H2,(H,28,32)(H,29,31). The highest BCUT2D eigenvalue weighted by molar-refractivity contribution is 5.94. The number of anilines is 2. The molecular weight excluding hydrogens is 414 g/mol. The maximum absolute atomic E-state index is 12.4. The second-order valence-corrected chi connectivity index (χ2v) is 8.13. The molecule has 2 amide bonds. The van der Waals surface area contributed by atoms with Crippen LogP contribution in [0.15, 0.2) is 78.9 Å². The van der Waals surface area contributed by atoms with Gasteiger partial charge in [0.15, 0.2) is 6.61 Å². The zero-order valence-electron chi connectivity index (χ0n) is 18.6. The van der Waals surface area contributed by atoms with Gasteiger partial charge in [-0.3, -0.25) is 9.59 Å². The molecule has 6 nitrogen and oxygen atoms in total. The summed E-state index contributed by atoms with van der Waals surface area (Å²) >= 11 is 0. The molecule has 0 atom stereocenters. The van der Waals surface area contributed by atoms with Crippen molar-refractivity contribution in [2.45, 2.75) is 25.8 Å². The van der Waals surface area contributed by atoms with Gasteiger partial charge in [-0.15, -0.1) is 0 Å². The Bertz CT molecular complexity index is 1060. The predicted molar refractivity (Wildman–Crippen MR) is 131 cm³/mol. The molecule has 0 radical (unpaired) electrons. The number of hydrogen-bond acceptors (Lipinski definition) is 4. The van der Waals surface area contributed by atoms with E-state index in [1.807, 2.05) is 54.6 Å². The highest BCUT2D eigenvalue weighted by Crippen LogP contribution is 2.22. The summed E-state index contributed by atoms with van der Waals surface area (Å²) in [7, 11) is 0. The predicted octanol–water partition coefficient (Wildman–Crippen LogP) is 4.62. The molecule has 1 aliphatic heterocycles. The van der Waals surface area contributed by atoms with E-state index < -0.39 is 0 Å². The van der Waals surface area contributed by atoms with Crippen molar-refractivity contribution in [2.24, 2.45) is 0 Å². The summed E-state index contributed by atoms with van der Waals surface area (Å²) in [6.45, 7) is 2.48. The first-order chi connectivity index (χ1) is 16.2. The van der Waals surface area contributed by atoms with Crippen molar-refractivity contribution in [1.82, 2.24) is 5.32 Å². The van der Waals surface area contributed by atoms with E-state index in [2.05, 4.69) is 15.5 Å². The van der Waals surface area contributed by atoms with Crippen molar-refractivity contribution in [3.63, 3.8) is 0 Å². The van der Waals surface area contributed by atoms with Crippen LogP contribution < -0.4 is 20.3 Å². The third kappa shape index (κ3) is 6.59. The molecule has 4 rings (SSSR count). The minimum Gasteiger partial charge on any atom is -0.484 e. The minimum absolute atomic E-state index is 0.136. The minimum atomic E-state index is -0.250. The molecule has 0 spiro atoms. The van der Waals surface area contributed by atoms with Crippen molar-refractivity contribution in [2.75, 3.05) is 29.9 Å². The maximum atomic E-state index is 12.4. The normalized spacial score (nSPS) is 13.3. The second-order valence-electron chi connectivity index (χ2n) is 8.13. The van der Waals surface area contributed by atoms with Gasteiger partial charge in [-0.2, -0.15) is 0 Å². The van der Waals surface area contributed by atoms with Crippen LogP contribution in [-0.2, 0) is 11.3 Å². The zero-order valence-corrected chi connectivity index (χ0v) is 18.6. The molecular formula is C27H29N3O3. The SMILES string of the molecule is O=C(COc1cccc(C(=O)NCc2ccccc2)c1)Nc1ccc(N2CCCCC2)cc1. The Hall–Kier alpha value is -3.80. The third-order valence-corrected chi connectivity index (χ3v) is 5.63. The number of hydrogen-bond donors (Lipinski definition) is 2. The van der Waals surface area contributed by atoms with Gasteiger partial charge in [0.05, 0.1) is 0 Å². The first kappa shape index (κ1) is 22.4. The van der Waals surface area contributed by atoms with Gasteiger partial charge in [-0.1, -0.05) is 36.4 Å². The van der Waals surface area contributed by atoms with Crippen molar-refractivity contribution in [3.8, 4) is 5.75 Å². The number of nitrogens with zero attached hydrogens (tertiary/aromatic N) is 1. The van der Waals surface area contributed by atoms with Crippen molar-refractivity contribution >= 4 is 23.2 Å². The third-order valence-electron chi connectivity index (χ3n) is 5.63. The van der Waals surface area contributed by atoms with E-state index in [-0.39, 0.29) is 18.4 Å². The van der Waals surface area contributed by atoms with Crippen LogP contribution in [0.5, 0.6) is 5.75 Å². The molecule has 3 aromatic carbocycles. The van der Waals surface area contributed by atoms with E-state index in [0.29, 0.717) is 17.9 Å². The summed E-state index contributed by atoms with van der Waals surface area (Å²) < 4.78 is 5.61. The molecule has 1 fully saturated rings. The number of ether oxygens (including phenoxy) is 1. The fourth-order valence-corrected chi connectivity index (χ4v) is 3.86. The Morgan fingerprint density at radius 1 is 0.848 bits per heavy atom. The summed E-state index contributed by atoms with van der Waals surface area (Å²) in [5.41, 5.74) is 3.43. The van der Waals surface area contributed by atoms with E-state index in [1.165, 1.54) is 24.9 Å². The van der Waals surface area contributed by atoms with Crippen LogP contribution in [0.2, 0.25) is 0 Å². The van der Waals surface area contributed by atoms with E-state index in [4.69, 9.17) is 4.74 Å². The van der Waals surface area contributed by atoms with Crippen molar-refractivity contribution < 1.29 is 14.3 Å². The average Bonchev–Trinajstić information content (AvgIpc) is 2.88. The smallest absolute Gasteiger partial charge is 0.262 e. The molecule has 0 aliphatic carbocycles. The number of carbonyl (C=O) groups is 2. The molecule has 0 aromatic heterocycles. The van der Waals surface area contributed by atoms with Crippen LogP contribution in [0.4, 0.5) is 11.4 Å². The van der Waals surface area contributed by atoms with Crippen LogP contribution in [0.1, 0.15) is 35.2 Å². The lowest BCUT2D eigenvalue weighted by Crippen LogP contribution is -2.29. The Kier molecular flexibility index (Phi) is 7.59. The van der Waals surface area contributed by atoms with Crippen LogP contribution in [-0.4, -0.2) is 31.5 Å². The first-order valence-electron chi connectivity index (χ1n) is 11.4. The van der Waals surface area contributed by atoms with Gasteiger partial charge in [0.25, 0.3) is 11.8 Å². The number of piperidine rings is 1. The molecule has 33 heavy (non-hydrogen) atoms. The van der Waals surface area contributed by atoms with Gasteiger partial charge in [0, 0.05) is 36.6 Å². The van der Waals surface area contributed by atoms with Crippen molar-refractivity contribution in [1.29, 1.82) is 0 Å². The number of rotatable bonds is 8. The molecule has 2 N–H and O–H groups in total. The fraction of sp³-hybridized carbons (Fsp3) is 0.259. The Morgan fingerprint density at radius 2 is 1.61 bits per heavy atom. The Balaban J connectivity index is 1.25. The summed E-state index contributed by atoms with van der Waals surface area (Å²) in [6, 6.07) is 24.5. The Morgan fingerprint density at radius 3 is 2.36 bits per heavy atom. The van der Waals surface area contributed by atoms with Crippen LogP contribution >= 0.6 is 0 Å². The molecule has 0 unspecified atom stereocenters. The van der Waals surface area contributed by atoms with Gasteiger partial charge in [0.1, 0.15) is 5.75 Å². The summed E-state index contributed by atoms with van der Waals surface area (Å²) in [5, 5.41) is 5.75. The molecule has 1 aliphatic rings. The molecule has 1 saturated heterocycles. The zero-order chi connectivity index (χ0) is 22.9. The van der Waals surface area contributed by atoms with Crippen LogP contribution in [0.25, 0.3) is 0 Å². The van der Waals surface area contributed by atoms with Gasteiger partial charge >= 0.3 is 0 Å². The van der Waals surface area contributed by atoms with Gasteiger partial charge < -0.3 is 20.3 Å². The molecule has 3 aromatic rings. The lowest BCUT2D eigenvalue weighted by Gasteiger charge is -2.28. The monoisotopic (exact) mass is 443 g/mol. The summed E-state index contributed by atoms with van der Waals surface area (Å²) in [4.78, 5) is 27.1. The first-order valence-corrected chi connectivity index (χ1v) is 11.4. The quantitative estimate of drug-likeness (QED) is 0.533. The number of benzene rings is 3. The topological polar surface area (TPSA) is 70.7 Å². The molecule has 1 heterocycles. The van der Waals surface area contributed by atoms with Crippen LogP contribution in [0, 0.1) is 0 Å². The number of amides is 2. The molecule has 170 valence electrons. The second kappa shape index (κ2) is 11.2. The lowest BCUT2D eigenvalue weighted by molar-refractivity contribution is -0.118. The Labute approximate surface area is 194 Å². The van der Waals surface area contributed by atoms with Gasteiger partial charge in [0.2, 0.25) is 0 Å². The maximum Gasteiger partial charge on any atom is 0.262 e. The molecule has 0 bridgehead atoms. The highest BCUT2D eigenvalue weighted by Gasteiger charge is 2.12. The van der Waals surface area contributed by atoms with Crippen molar-refractivity contribution in [3.05, 3.63) is 90.0 Å². The van der Waals surface area contributed by atoms with E-state index in [0.717, 1.165) is 24.3 Å². The average molecular weight is 444 g/mol. The van der Waals surface area contributed by atoms with E-state index in [9.17, 15) is 9.59 Å². The van der Waals surface area contributed by atoms with Gasteiger partial charge in [-0.25, -0.2) is 0 Å². The summed E-state index contributed by atoms with van der Waals surface area (Å²) in [6.07, 6.45) is 3.75. The lowest BCUT2D eigenvalue weighted by atomic mass is 10.1. The molecule has 6 heteroatoms. The van der Waals surface area contributed by atoms with E-state index in [1.54, 1.807) is 24.3 Å². The van der Waals surface area contributed by atoms with E-state index >= 15 is 0 Å². The number of nitrogens with one attached hydrogen (secondary N) is 2. The van der Waals surface area contributed by atoms with Gasteiger partial charge in [-0.05, 0) is 67.3 Å². The fourth-order valence-electron chi connectivity index (χ4n) is 3.86.